The van der Waals surface area contributed by atoms with Gasteiger partial charge in [-0.05, 0) is 55.3 Å². The lowest BCUT2D eigenvalue weighted by molar-refractivity contribution is -0.210. The zero-order chi connectivity index (χ0) is 23.2. The van der Waals surface area contributed by atoms with Gasteiger partial charge in [-0.3, -0.25) is 9.59 Å². The van der Waals surface area contributed by atoms with E-state index in [2.05, 4.69) is 19.9 Å². The summed E-state index contributed by atoms with van der Waals surface area (Å²) in [6.45, 7) is 5.65. The van der Waals surface area contributed by atoms with E-state index < -0.39 is 23.4 Å². The van der Waals surface area contributed by atoms with E-state index in [4.69, 9.17) is 18.9 Å². The third-order valence-electron chi connectivity index (χ3n) is 10.7. The van der Waals surface area contributed by atoms with Gasteiger partial charge in [0.25, 0.3) is 0 Å². The van der Waals surface area contributed by atoms with Gasteiger partial charge in [-0.15, -0.1) is 0 Å². The smallest absolute Gasteiger partial charge is 0.312 e. The Balaban J connectivity index is 1.44. The number of aliphatic hydroxyl groups is 1. The second-order valence-corrected chi connectivity index (χ2v) is 11.8. The Bertz CT molecular complexity index is 906. The number of esters is 2. The highest BCUT2D eigenvalue weighted by atomic mass is 16.7. The molecule has 6 rings (SSSR count). The number of hydrogen-bond acceptors (Lipinski definition) is 7. The summed E-state index contributed by atoms with van der Waals surface area (Å²) in [5.41, 5.74) is 0.0730. The normalized spacial score (nSPS) is 49.9. The van der Waals surface area contributed by atoms with Gasteiger partial charge in [-0.1, -0.05) is 25.5 Å². The summed E-state index contributed by atoms with van der Waals surface area (Å²) in [6.07, 6.45) is 7.30. The molecule has 1 N–H and O–H groups in total. The molecule has 8 atom stereocenters. The molecular weight excluding hydrogens is 424 g/mol. The van der Waals surface area contributed by atoms with E-state index in [9.17, 15) is 14.7 Å². The molecule has 2 spiro atoms. The molecule has 4 aliphatic carbocycles. The van der Waals surface area contributed by atoms with Gasteiger partial charge in [0.1, 0.15) is 5.60 Å². The average Bonchev–Trinajstić information content (AvgIpc) is 3.47. The Morgan fingerprint density at radius 1 is 1.15 bits per heavy atom. The van der Waals surface area contributed by atoms with E-state index in [1.165, 1.54) is 7.11 Å². The molecule has 0 amide bonds. The second-order valence-electron chi connectivity index (χ2n) is 11.8. The van der Waals surface area contributed by atoms with Gasteiger partial charge in [0, 0.05) is 24.7 Å². The molecule has 5 fully saturated rings. The largest absolute Gasteiger partial charge is 0.469 e. The molecule has 0 aromatic heterocycles. The van der Waals surface area contributed by atoms with Crippen molar-refractivity contribution in [1.82, 2.24) is 0 Å². The fraction of sp³-hybridized carbons (Fsp3) is 0.846. The number of ether oxygens (including phenoxy) is 4. The van der Waals surface area contributed by atoms with Crippen LogP contribution in [-0.2, 0) is 28.5 Å². The fourth-order valence-electron chi connectivity index (χ4n) is 9.13. The monoisotopic (exact) mass is 460 g/mol. The molecule has 182 valence electrons. The van der Waals surface area contributed by atoms with Crippen molar-refractivity contribution in [2.24, 2.45) is 34.5 Å². The van der Waals surface area contributed by atoms with Gasteiger partial charge in [0.05, 0.1) is 32.3 Å². The molecule has 3 saturated carbocycles. The lowest BCUT2D eigenvalue weighted by Crippen LogP contribution is -2.62. The lowest BCUT2D eigenvalue weighted by Gasteiger charge is -2.62. The standard InChI is InChI=1S/C26H36O7/c1-23-8-9-26(31-10-11-32-26)13-15(23)12-16(22(29)30-3)20-17-4-6-25(7-5-19(28)33-25)24(17,2)14-18(27)21(20)23/h12,16-18,20-21,27H,4-11,13-14H2,1-3H3/t16-,17+,18-,20?,21?,23?,24?,25?/m1/s1. The molecule has 0 aromatic carbocycles. The topological polar surface area (TPSA) is 91.3 Å². The number of hydrogen-bond donors (Lipinski definition) is 1. The third-order valence-corrected chi connectivity index (χ3v) is 10.7. The highest BCUT2D eigenvalue weighted by Crippen LogP contribution is 2.70. The van der Waals surface area contributed by atoms with Crippen molar-refractivity contribution in [3.05, 3.63) is 11.6 Å². The van der Waals surface area contributed by atoms with Crippen LogP contribution in [0.25, 0.3) is 0 Å². The van der Waals surface area contributed by atoms with Crippen LogP contribution >= 0.6 is 0 Å². The minimum atomic E-state index is -0.595. The van der Waals surface area contributed by atoms with Gasteiger partial charge in [0.2, 0.25) is 0 Å². The fourth-order valence-corrected chi connectivity index (χ4v) is 9.13. The van der Waals surface area contributed by atoms with E-state index in [1.807, 2.05) is 0 Å². The summed E-state index contributed by atoms with van der Waals surface area (Å²) in [5, 5.41) is 11.8. The van der Waals surface area contributed by atoms with Gasteiger partial charge >= 0.3 is 11.9 Å². The van der Waals surface area contributed by atoms with Crippen molar-refractivity contribution >= 4 is 11.9 Å². The van der Waals surface area contributed by atoms with Crippen LogP contribution in [0.4, 0.5) is 0 Å². The first-order chi connectivity index (χ1) is 15.7. The summed E-state index contributed by atoms with van der Waals surface area (Å²) in [7, 11) is 1.45. The first kappa shape index (κ1) is 22.1. The van der Waals surface area contributed by atoms with E-state index >= 15 is 0 Å². The van der Waals surface area contributed by atoms with Gasteiger partial charge < -0.3 is 24.1 Å². The van der Waals surface area contributed by atoms with Crippen LogP contribution in [0.1, 0.15) is 65.2 Å². The van der Waals surface area contributed by atoms with Crippen molar-refractivity contribution in [1.29, 1.82) is 0 Å². The molecule has 6 aliphatic rings. The number of aliphatic hydroxyl groups excluding tert-OH is 1. The van der Waals surface area contributed by atoms with Crippen LogP contribution in [0.3, 0.4) is 0 Å². The first-order valence-corrected chi connectivity index (χ1v) is 12.6. The molecule has 33 heavy (non-hydrogen) atoms. The second kappa shape index (κ2) is 7.05. The Labute approximate surface area is 195 Å². The molecule has 2 aliphatic heterocycles. The number of carbonyl (C=O) groups is 2. The van der Waals surface area contributed by atoms with Crippen LogP contribution < -0.4 is 0 Å². The van der Waals surface area contributed by atoms with Crippen LogP contribution in [-0.4, -0.2) is 54.9 Å². The van der Waals surface area contributed by atoms with E-state index in [0.717, 1.165) is 31.3 Å². The van der Waals surface area contributed by atoms with Gasteiger partial charge in [-0.25, -0.2) is 0 Å². The summed E-state index contributed by atoms with van der Waals surface area (Å²) < 4.78 is 23.4. The van der Waals surface area contributed by atoms with Crippen molar-refractivity contribution in [2.45, 2.75) is 82.7 Å². The van der Waals surface area contributed by atoms with Gasteiger partial charge in [0.15, 0.2) is 5.79 Å². The quantitative estimate of drug-likeness (QED) is 0.475. The predicted molar refractivity (Wildman–Crippen MR) is 117 cm³/mol. The van der Waals surface area contributed by atoms with E-state index in [0.29, 0.717) is 38.9 Å². The maximum absolute atomic E-state index is 13.2. The summed E-state index contributed by atoms with van der Waals surface area (Å²) in [6, 6.07) is 0. The Morgan fingerprint density at radius 2 is 1.91 bits per heavy atom. The van der Waals surface area contributed by atoms with Gasteiger partial charge in [-0.2, -0.15) is 0 Å². The van der Waals surface area contributed by atoms with Crippen LogP contribution in [0.2, 0.25) is 0 Å². The maximum atomic E-state index is 13.2. The lowest BCUT2D eigenvalue weighted by atomic mass is 9.44. The highest BCUT2D eigenvalue weighted by Gasteiger charge is 2.71. The van der Waals surface area contributed by atoms with Crippen LogP contribution in [0, 0.1) is 34.5 Å². The molecular formula is C26H36O7. The Kier molecular flexibility index (Phi) is 4.71. The Morgan fingerprint density at radius 3 is 2.58 bits per heavy atom. The predicted octanol–water partition coefficient (Wildman–Crippen LogP) is 3.14. The molecule has 0 bridgehead atoms. The third kappa shape index (κ3) is 2.79. The first-order valence-electron chi connectivity index (χ1n) is 12.6. The summed E-state index contributed by atoms with van der Waals surface area (Å²) in [5.74, 6) is -1.30. The van der Waals surface area contributed by atoms with Crippen LogP contribution in [0.5, 0.6) is 0 Å². The molecule has 0 radical (unpaired) electrons. The number of methoxy groups -OCH3 is 1. The van der Waals surface area contributed by atoms with E-state index in [-0.39, 0.29) is 40.5 Å². The summed E-state index contributed by atoms with van der Waals surface area (Å²) >= 11 is 0. The van der Waals surface area contributed by atoms with Crippen molar-refractivity contribution in [3.63, 3.8) is 0 Å². The zero-order valence-corrected chi connectivity index (χ0v) is 19.9. The molecule has 7 heteroatoms. The summed E-state index contributed by atoms with van der Waals surface area (Å²) in [4.78, 5) is 25.4. The number of fused-ring (bicyclic) bond motifs is 6. The maximum Gasteiger partial charge on any atom is 0.312 e. The SMILES string of the molecule is COC(=O)[C@@H]1C=C2CC3(CCC2(C)C2C1[C@@H]1CCC4(CCC(=O)O4)C1(C)C[C@H]2O)OCCO3. The number of carbonyl (C=O) groups excluding carboxylic acids is 2. The number of rotatable bonds is 1. The molecule has 2 heterocycles. The molecule has 7 nitrogen and oxygen atoms in total. The highest BCUT2D eigenvalue weighted by molar-refractivity contribution is 5.76. The molecule has 2 saturated heterocycles. The van der Waals surface area contributed by atoms with Crippen LogP contribution in [0.15, 0.2) is 11.6 Å². The molecule has 0 aromatic rings. The minimum Gasteiger partial charge on any atom is -0.469 e. The molecule has 5 unspecified atom stereocenters. The zero-order valence-electron chi connectivity index (χ0n) is 19.9. The van der Waals surface area contributed by atoms with Crippen molar-refractivity contribution < 1.29 is 33.6 Å². The van der Waals surface area contributed by atoms with E-state index in [1.54, 1.807) is 0 Å². The average molecular weight is 461 g/mol. The van der Waals surface area contributed by atoms with Crippen molar-refractivity contribution in [2.75, 3.05) is 20.3 Å². The Hall–Kier alpha value is -1.44. The van der Waals surface area contributed by atoms with Crippen molar-refractivity contribution in [3.8, 4) is 0 Å². The minimum absolute atomic E-state index is 0.0434.